The number of carbonyl (C=O) groups excluding carboxylic acids is 3. The second kappa shape index (κ2) is 12.9. The van der Waals surface area contributed by atoms with Crippen LogP contribution in [0.25, 0.3) is 0 Å². The molecule has 0 bridgehead atoms. The first-order valence-electron chi connectivity index (χ1n) is 11.7. The number of ether oxygens (including phenoxy) is 1. The summed E-state index contributed by atoms with van der Waals surface area (Å²) in [5, 5.41) is 14.9. The molecular formula is C26H31N5O4S. The van der Waals surface area contributed by atoms with Gasteiger partial charge in [-0.05, 0) is 42.7 Å². The molecule has 190 valence electrons. The van der Waals surface area contributed by atoms with Crippen LogP contribution in [0.3, 0.4) is 0 Å². The van der Waals surface area contributed by atoms with E-state index in [-0.39, 0.29) is 29.5 Å². The highest BCUT2D eigenvalue weighted by Crippen LogP contribution is 2.24. The number of nitrogens with zero attached hydrogens (tertiary/aromatic N) is 3. The van der Waals surface area contributed by atoms with Gasteiger partial charge in [0.05, 0.1) is 24.0 Å². The fraction of sp³-hybridized carbons (Fsp3) is 0.346. The molecule has 10 heteroatoms. The molecule has 36 heavy (non-hydrogen) atoms. The summed E-state index contributed by atoms with van der Waals surface area (Å²) >= 11 is 1.23. The number of anilines is 1. The summed E-state index contributed by atoms with van der Waals surface area (Å²) in [6.45, 7) is 6.26. The molecule has 0 spiro atoms. The van der Waals surface area contributed by atoms with E-state index in [1.165, 1.54) is 11.8 Å². The van der Waals surface area contributed by atoms with Gasteiger partial charge in [0.15, 0.2) is 11.0 Å². The molecule has 1 atom stereocenters. The van der Waals surface area contributed by atoms with E-state index in [0.717, 1.165) is 6.42 Å². The molecule has 3 aromatic rings. The topological polar surface area (TPSA) is 115 Å². The van der Waals surface area contributed by atoms with Crippen molar-refractivity contribution >= 4 is 35.2 Å². The molecule has 0 aliphatic carbocycles. The van der Waals surface area contributed by atoms with Crippen LogP contribution in [0.2, 0.25) is 0 Å². The Morgan fingerprint density at radius 2 is 1.75 bits per heavy atom. The quantitative estimate of drug-likeness (QED) is 0.293. The molecule has 0 aliphatic rings. The molecule has 0 fully saturated rings. The SMILES string of the molecule is CCCOC(=O)c1cccc(NC(=O)CSc2nnc([C@H](NC(=O)c3ccccc3)C(C)C)n2C)c1. The Bertz CT molecular complexity index is 1200. The highest BCUT2D eigenvalue weighted by atomic mass is 32.2. The van der Waals surface area contributed by atoms with E-state index in [4.69, 9.17) is 4.74 Å². The smallest absolute Gasteiger partial charge is 0.338 e. The van der Waals surface area contributed by atoms with E-state index in [9.17, 15) is 14.4 Å². The van der Waals surface area contributed by atoms with Crippen LogP contribution >= 0.6 is 11.8 Å². The number of carbonyl (C=O) groups is 3. The molecule has 9 nitrogen and oxygen atoms in total. The summed E-state index contributed by atoms with van der Waals surface area (Å²) < 4.78 is 6.93. The van der Waals surface area contributed by atoms with Crippen molar-refractivity contribution in [1.29, 1.82) is 0 Å². The maximum Gasteiger partial charge on any atom is 0.338 e. The molecule has 1 heterocycles. The maximum absolute atomic E-state index is 12.7. The minimum Gasteiger partial charge on any atom is -0.462 e. The van der Waals surface area contributed by atoms with E-state index in [1.54, 1.807) is 41.0 Å². The zero-order valence-electron chi connectivity index (χ0n) is 20.9. The number of benzene rings is 2. The molecule has 0 unspecified atom stereocenters. The van der Waals surface area contributed by atoms with Crippen LogP contribution in [0, 0.1) is 5.92 Å². The first kappa shape index (κ1) is 26.9. The Morgan fingerprint density at radius 3 is 2.44 bits per heavy atom. The van der Waals surface area contributed by atoms with E-state index in [0.29, 0.717) is 34.4 Å². The van der Waals surface area contributed by atoms with Crippen molar-refractivity contribution in [3.8, 4) is 0 Å². The van der Waals surface area contributed by atoms with Crippen molar-refractivity contribution in [2.45, 2.75) is 38.4 Å². The van der Waals surface area contributed by atoms with Gasteiger partial charge in [-0.15, -0.1) is 10.2 Å². The van der Waals surface area contributed by atoms with Gasteiger partial charge >= 0.3 is 5.97 Å². The first-order chi connectivity index (χ1) is 17.3. The number of hydrogen-bond acceptors (Lipinski definition) is 7. The van der Waals surface area contributed by atoms with Crippen molar-refractivity contribution < 1.29 is 19.1 Å². The average molecular weight is 510 g/mol. The summed E-state index contributed by atoms with van der Waals surface area (Å²) in [4.78, 5) is 37.3. The van der Waals surface area contributed by atoms with Gasteiger partial charge in [-0.1, -0.05) is 56.8 Å². The van der Waals surface area contributed by atoms with Crippen LogP contribution in [0.15, 0.2) is 59.8 Å². The molecule has 3 rings (SSSR count). The summed E-state index contributed by atoms with van der Waals surface area (Å²) in [6, 6.07) is 15.3. The molecule has 0 saturated heterocycles. The third-order valence-corrected chi connectivity index (χ3v) is 6.31. The van der Waals surface area contributed by atoms with Crippen LogP contribution < -0.4 is 10.6 Å². The first-order valence-corrected chi connectivity index (χ1v) is 12.7. The van der Waals surface area contributed by atoms with Gasteiger partial charge in [-0.2, -0.15) is 0 Å². The number of rotatable bonds is 11. The summed E-state index contributed by atoms with van der Waals surface area (Å²) in [7, 11) is 1.81. The van der Waals surface area contributed by atoms with Gasteiger partial charge in [0.2, 0.25) is 5.91 Å². The minimum absolute atomic E-state index is 0.0676. The monoisotopic (exact) mass is 509 g/mol. The lowest BCUT2D eigenvalue weighted by atomic mass is 10.0. The number of nitrogens with one attached hydrogen (secondary N) is 2. The summed E-state index contributed by atoms with van der Waals surface area (Å²) in [5.41, 5.74) is 1.46. The number of hydrogen-bond donors (Lipinski definition) is 2. The normalized spacial score (nSPS) is 11.7. The van der Waals surface area contributed by atoms with Gasteiger partial charge in [0.1, 0.15) is 0 Å². The summed E-state index contributed by atoms with van der Waals surface area (Å²) in [5.74, 6) is -0.0891. The fourth-order valence-corrected chi connectivity index (χ4v) is 4.11. The largest absolute Gasteiger partial charge is 0.462 e. The lowest BCUT2D eigenvalue weighted by molar-refractivity contribution is -0.113. The van der Waals surface area contributed by atoms with Crippen LogP contribution in [0.4, 0.5) is 5.69 Å². The zero-order valence-corrected chi connectivity index (χ0v) is 21.7. The number of amides is 2. The van der Waals surface area contributed by atoms with Crippen molar-refractivity contribution in [2.24, 2.45) is 13.0 Å². The highest BCUT2D eigenvalue weighted by molar-refractivity contribution is 7.99. The van der Waals surface area contributed by atoms with Crippen molar-refractivity contribution in [1.82, 2.24) is 20.1 Å². The summed E-state index contributed by atoms with van der Waals surface area (Å²) in [6.07, 6.45) is 0.737. The van der Waals surface area contributed by atoms with E-state index in [2.05, 4.69) is 20.8 Å². The molecule has 0 radical (unpaired) electrons. The third kappa shape index (κ3) is 7.17. The molecule has 2 amide bonds. The Labute approximate surface area is 215 Å². The average Bonchev–Trinajstić information content (AvgIpc) is 3.24. The number of esters is 1. The lowest BCUT2D eigenvalue weighted by Gasteiger charge is -2.21. The van der Waals surface area contributed by atoms with Crippen LogP contribution in [0.5, 0.6) is 0 Å². The Balaban J connectivity index is 1.61. The Hall–Kier alpha value is -3.66. The predicted octanol–water partition coefficient (Wildman–Crippen LogP) is 4.24. The Kier molecular flexibility index (Phi) is 9.63. The van der Waals surface area contributed by atoms with Gasteiger partial charge in [0.25, 0.3) is 5.91 Å². The molecule has 0 saturated carbocycles. The molecule has 0 aliphatic heterocycles. The van der Waals surface area contributed by atoms with E-state index < -0.39 is 5.97 Å². The second-order valence-electron chi connectivity index (χ2n) is 8.51. The molecule has 2 N–H and O–H groups in total. The maximum atomic E-state index is 12.7. The van der Waals surface area contributed by atoms with E-state index >= 15 is 0 Å². The number of thioether (sulfide) groups is 1. The van der Waals surface area contributed by atoms with Gasteiger partial charge in [-0.3, -0.25) is 9.59 Å². The molecule has 1 aromatic heterocycles. The van der Waals surface area contributed by atoms with Crippen molar-refractivity contribution in [3.05, 3.63) is 71.5 Å². The minimum atomic E-state index is -0.423. The van der Waals surface area contributed by atoms with Gasteiger partial charge in [-0.25, -0.2) is 4.79 Å². The van der Waals surface area contributed by atoms with Crippen LogP contribution in [0.1, 0.15) is 59.8 Å². The van der Waals surface area contributed by atoms with E-state index in [1.807, 2.05) is 46.0 Å². The van der Waals surface area contributed by atoms with Crippen LogP contribution in [-0.4, -0.2) is 44.9 Å². The van der Waals surface area contributed by atoms with Crippen LogP contribution in [-0.2, 0) is 16.6 Å². The highest BCUT2D eigenvalue weighted by Gasteiger charge is 2.25. The molecule has 2 aromatic carbocycles. The number of aromatic nitrogens is 3. The Morgan fingerprint density at radius 1 is 1.03 bits per heavy atom. The standard InChI is InChI=1S/C26H31N5O4S/c1-5-14-35-25(34)19-12-9-13-20(15-19)27-21(32)16-36-26-30-29-23(31(26)4)22(17(2)3)28-24(33)18-10-7-6-8-11-18/h6-13,15,17,22H,5,14,16H2,1-4H3,(H,27,32)(H,28,33)/t22-/m1/s1. The van der Waals surface area contributed by atoms with Gasteiger partial charge < -0.3 is 19.9 Å². The third-order valence-electron chi connectivity index (χ3n) is 5.29. The molecular weight excluding hydrogens is 478 g/mol. The van der Waals surface area contributed by atoms with Gasteiger partial charge in [0, 0.05) is 18.3 Å². The second-order valence-corrected chi connectivity index (χ2v) is 9.46. The fourth-order valence-electron chi connectivity index (χ4n) is 3.40. The van der Waals surface area contributed by atoms with Crippen molar-refractivity contribution in [3.63, 3.8) is 0 Å². The predicted molar refractivity (Wildman–Crippen MR) is 139 cm³/mol. The van der Waals surface area contributed by atoms with Crippen molar-refractivity contribution in [2.75, 3.05) is 17.7 Å². The zero-order chi connectivity index (χ0) is 26.1. The lowest BCUT2D eigenvalue weighted by Crippen LogP contribution is -2.33.